The van der Waals surface area contributed by atoms with Crippen LogP contribution in [0.25, 0.3) is 0 Å². The molecule has 0 aliphatic carbocycles. The third-order valence-corrected chi connectivity index (χ3v) is 12.1. The number of carbonyl (C=O) groups is 12. The van der Waals surface area contributed by atoms with Crippen LogP contribution in [0.2, 0.25) is 0 Å². The van der Waals surface area contributed by atoms with E-state index in [2.05, 4.69) is 88.4 Å². The minimum absolute atomic E-state index is 0.0107. The number of hydrogen-bond acceptors (Lipinski definition) is 22. The fourth-order valence-electron chi connectivity index (χ4n) is 6.82. The average molecular weight is 1230 g/mol. The van der Waals surface area contributed by atoms with Crippen LogP contribution in [0, 0.1) is 0 Å². The molecular weight excluding hydrogens is 1160 g/mol. The molecule has 1 rings (SSSR count). The van der Waals surface area contributed by atoms with Gasteiger partial charge < -0.3 is 118 Å². The van der Waals surface area contributed by atoms with Gasteiger partial charge in [0.05, 0.1) is 51.6 Å². The monoisotopic (exact) mass is 1230 g/mol. The molecule has 11 amide bonds. The summed E-state index contributed by atoms with van der Waals surface area (Å²) in [6.45, 7) is -4.77. The third-order valence-electron chi connectivity index (χ3n) is 11.3. The number of aliphatic hydroxyl groups is 4. The van der Waals surface area contributed by atoms with Crippen LogP contribution in [0.15, 0.2) is 34.3 Å². The van der Waals surface area contributed by atoms with Gasteiger partial charge in [-0.25, -0.2) is 4.79 Å². The fraction of sp³-hybridized carbons (Fsp3) is 0.565. The molecule has 1 aromatic rings. The number of benzene rings is 1. The summed E-state index contributed by atoms with van der Waals surface area (Å²) in [5.74, 6) is -14.1. The van der Waals surface area contributed by atoms with E-state index in [1.54, 1.807) is 0 Å². The normalized spacial score (nSPS) is 14.3. The van der Waals surface area contributed by atoms with Gasteiger partial charge in [0.2, 0.25) is 65.0 Å². The van der Waals surface area contributed by atoms with Crippen LogP contribution in [-0.4, -0.2) is 238 Å². The number of nitrogens with two attached hydrogens (primary N) is 5. The highest BCUT2D eigenvalue weighted by atomic mass is 32.1. The predicted molar refractivity (Wildman–Crippen MR) is 302 cm³/mol. The zero-order valence-electron chi connectivity index (χ0n) is 45.4. The molecule has 0 heterocycles. The highest BCUT2D eigenvalue weighted by Crippen LogP contribution is 2.12. The number of aliphatic hydroxyl groups excluding tert-OH is 4. The molecule has 0 aliphatic heterocycles. The SMILES string of the molecule is C[C@@H](O)[C@H](NC(=O)CNC(=O)[C@@H](N)CS)C(=O)NCC(=O)N[C@@H](Cc1ccc(O)cc1)C(=O)NCC(=O)N[C@@H](CO)C(=O)N[C@@H](CO)C(=O)N[C@@H](CO)C(=O)N[C@@H](CCCN=C(N)N)C(=O)N[C@@H](CCCN=C(N)N)C(=O)N[C@H](CS)C(=O)O. The zero-order valence-corrected chi connectivity index (χ0v) is 47.2. The standard InChI is InChI=1S/C46H76N18O18S2/c1-21(68)35(64-34(72)15-54-36(73)24(47)19-83)43(80)56-14-32(70)57-27(12-22-6-8-23(69)9-7-22)37(74)55-13-33(71)58-28(16-65)40(77)61-30(18-67)42(79)62-29(17-66)41(78)60-25(4-2-10-52-45(48)49)38(75)59-26(5-3-11-53-46(50)51)39(76)63-31(20-84)44(81)82/h6-9,21,24-31,35,65-69,83-84H,2-5,10-20,47H2,1H3,(H,54,73)(H,55,74)(H,56,80)(H,57,70)(H,58,71)(H,59,75)(H,60,78)(H,61,77)(H,62,79)(H,63,76)(H,64,72)(H,81,82)(H4,48,49,52)(H4,50,51,53)/t21-,24+,25+,26+,27+,28+,29+,30+,31-,35+/m1/s1. The number of aromatic hydroxyl groups is 1. The number of carboxylic acid groups (broad SMARTS) is 1. The summed E-state index contributed by atoms with van der Waals surface area (Å²) in [4.78, 5) is 163. The molecule has 38 heteroatoms. The summed E-state index contributed by atoms with van der Waals surface area (Å²) in [5, 5.41) is 84.0. The molecule has 470 valence electrons. The van der Waals surface area contributed by atoms with Crippen molar-refractivity contribution >= 4 is 108 Å². The number of phenols is 1. The largest absolute Gasteiger partial charge is 0.508 e. The molecule has 0 aromatic heterocycles. The number of carbonyl (C=O) groups excluding carboxylic acids is 11. The highest BCUT2D eigenvalue weighted by Gasteiger charge is 2.34. The van der Waals surface area contributed by atoms with Crippen molar-refractivity contribution in [1.29, 1.82) is 0 Å². The van der Waals surface area contributed by atoms with Crippen LogP contribution < -0.4 is 87.2 Å². The zero-order chi connectivity index (χ0) is 63.6. The number of guanidine groups is 2. The van der Waals surface area contributed by atoms with Crippen LogP contribution in [0.4, 0.5) is 0 Å². The number of aliphatic imine (C=N–C) groups is 2. The van der Waals surface area contributed by atoms with E-state index >= 15 is 0 Å². The Kier molecular flexibility index (Phi) is 34.4. The van der Waals surface area contributed by atoms with Gasteiger partial charge in [0.25, 0.3) is 0 Å². The lowest BCUT2D eigenvalue weighted by atomic mass is 10.0. The van der Waals surface area contributed by atoms with E-state index in [4.69, 9.17) is 28.7 Å². The predicted octanol–water partition coefficient (Wildman–Crippen LogP) is -12.1. The van der Waals surface area contributed by atoms with Gasteiger partial charge in [0.1, 0.15) is 54.1 Å². The molecule has 0 aliphatic rings. The molecule has 0 fully saturated rings. The molecule has 0 unspecified atom stereocenters. The van der Waals surface area contributed by atoms with Crippen LogP contribution in [-0.2, 0) is 64.0 Å². The maximum atomic E-state index is 13.7. The molecule has 10 atom stereocenters. The molecule has 0 radical (unpaired) electrons. The first-order valence-electron chi connectivity index (χ1n) is 25.4. The van der Waals surface area contributed by atoms with E-state index in [1.165, 1.54) is 24.3 Å². The average Bonchev–Trinajstić information content (AvgIpc) is 3.67. The maximum absolute atomic E-state index is 13.7. The Morgan fingerprint density at radius 1 is 0.500 bits per heavy atom. The van der Waals surface area contributed by atoms with Gasteiger partial charge in [-0.15, -0.1) is 0 Å². The Morgan fingerprint density at radius 3 is 1.26 bits per heavy atom. The molecule has 0 bridgehead atoms. The quantitative estimate of drug-likeness (QED) is 0.0126. The molecule has 84 heavy (non-hydrogen) atoms. The number of amides is 11. The first-order chi connectivity index (χ1) is 39.6. The highest BCUT2D eigenvalue weighted by molar-refractivity contribution is 7.80. The van der Waals surface area contributed by atoms with E-state index in [-0.39, 0.29) is 74.4 Å². The number of thiol groups is 2. The molecule has 27 N–H and O–H groups in total. The van der Waals surface area contributed by atoms with E-state index in [9.17, 15) is 88.2 Å². The lowest BCUT2D eigenvalue weighted by molar-refractivity contribution is -0.141. The third kappa shape index (κ3) is 28.6. The Labute approximate surface area is 491 Å². The smallest absolute Gasteiger partial charge is 0.327 e. The number of nitrogens with one attached hydrogen (secondary N) is 11. The summed E-state index contributed by atoms with van der Waals surface area (Å²) in [7, 11) is 0. The van der Waals surface area contributed by atoms with Gasteiger partial charge in [-0.2, -0.15) is 25.3 Å². The number of rotatable bonds is 39. The molecule has 0 spiro atoms. The Hall–Kier alpha value is -8.30. The lowest BCUT2D eigenvalue weighted by Crippen LogP contribution is -2.61. The van der Waals surface area contributed by atoms with E-state index in [1.807, 2.05) is 5.32 Å². The van der Waals surface area contributed by atoms with Crippen molar-refractivity contribution in [2.24, 2.45) is 38.7 Å². The minimum atomic E-state index is -1.94. The van der Waals surface area contributed by atoms with Crippen LogP contribution in [0.3, 0.4) is 0 Å². The molecule has 0 saturated heterocycles. The molecular formula is C46H76N18O18S2. The van der Waals surface area contributed by atoms with Crippen LogP contribution in [0.1, 0.15) is 38.2 Å². The summed E-state index contributed by atoms with van der Waals surface area (Å²) < 4.78 is 0. The second-order valence-corrected chi connectivity index (χ2v) is 18.8. The van der Waals surface area contributed by atoms with Crippen molar-refractivity contribution in [3.63, 3.8) is 0 Å². The molecule has 1 aromatic carbocycles. The van der Waals surface area contributed by atoms with E-state index < -0.39 is 171 Å². The Morgan fingerprint density at radius 2 is 0.869 bits per heavy atom. The van der Waals surface area contributed by atoms with Gasteiger partial charge in [-0.3, -0.25) is 62.7 Å². The van der Waals surface area contributed by atoms with Gasteiger partial charge in [0.15, 0.2) is 11.9 Å². The van der Waals surface area contributed by atoms with E-state index in [0.29, 0.717) is 5.56 Å². The van der Waals surface area contributed by atoms with Crippen LogP contribution >= 0.6 is 25.3 Å². The summed E-state index contributed by atoms with van der Waals surface area (Å²) in [5.41, 5.74) is 27.4. The van der Waals surface area contributed by atoms with Crippen molar-refractivity contribution < 1.29 is 88.2 Å². The summed E-state index contributed by atoms with van der Waals surface area (Å²) >= 11 is 7.81. The van der Waals surface area contributed by atoms with Crippen molar-refractivity contribution in [3.05, 3.63) is 29.8 Å². The lowest BCUT2D eigenvalue weighted by Gasteiger charge is -2.26. The van der Waals surface area contributed by atoms with Gasteiger partial charge in [-0.05, 0) is 50.3 Å². The van der Waals surface area contributed by atoms with Gasteiger partial charge in [0, 0.05) is 31.0 Å². The maximum Gasteiger partial charge on any atom is 0.327 e. The van der Waals surface area contributed by atoms with Crippen LogP contribution in [0.5, 0.6) is 5.75 Å². The number of carboxylic acids is 1. The second-order valence-electron chi connectivity index (χ2n) is 18.1. The topological polar surface area (TPSA) is 613 Å². The van der Waals surface area contributed by atoms with Gasteiger partial charge in [-0.1, -0.05) is 12.1 Å². The van der Waals surface area contributed by atoms with Gasteiger partial charge >= 0.3 is 5.97 Å². The van der Waals surface area contributed by atoms with Crippen molar-refractivity contribution in [3.8, 4) is 5.75 Å². The first kappa shape index (κ1) is 73.7. The van der Waals surface area contributed by atoms with Crippen molar-refractivity contribution in [2.45, 2.75) is 99.5 Å². The van der Waals surface area contributed by atoms with Crippen molar-refractivity contribution in [1.82, 2.24) is 58.5 Å². The first-order valence-corrected chi connectivity index (χ1v) is 26.7. The summed E-state index contributed by atoms with van der Waals surface area (Å²) in [6, 6.07) is -9.00. The second kappa shape index (κ2) is 39.2. The number of aliphatic carboxylic acids is 1. The van der Waals surface area contributed by atoms with Crippen molar-refractivity contribution in [2.75, 3.05) is 64.1 Å². The minimum Gasteiger partial charge on any atom is -0.508 e. The van der Waals surface area contributed by atoms with E-state index in [0.717, 1.165) is 6.92 Å². The molecule has 36 nitrogen and oxygen atoms in total. The number of hydrogen-bond donors (Lipinski definition) is 24. The number of nitrogens with zero attached hydrogens (tertiary/aromatic N) is 2. The Bertz CT molecular complexity index is 2470. The fourth-order valence-corrected chi connectivity index (χ4v) is 7.23. The Balaban J connectivity index is 3.14. The summed E-state index contributed by atoms with van der Waals surface area (Å²) in [6.07, 6.45) is -2.07. The number of phenolic OH excluding ortho intramolecular Hbond substituents is 1. The molecule has 0 saturated carbocycles.